The Kier molecular flexibility index (Phi) is 6.84. The number of nitrogens with zero attached hydrogens (tertiary/aromatic N) is 1. The summed E-state index contributed by atoms with van der Waals surface area (Å²) in [5, 5.41) is 6.92. The number of carbonyl (C=O) groups excluding carboxylic acids is 2. The van der Waals surface area contributed by atoms with E-state index in [4.69, 9.17) is 4.74 Å². The molecule has 1 aromatic carbocycles. The van der Waals surface area contributed by atoms with Gasteiger partial charge in [-0.25, -0.2) is 4.98 Å². The van der Waals surface area contributed by atoms with Crippen LogP contribution in [0.5, 0.6) is 0 Å². The third-order valence-corrected chi connectivity index (χ3v) is 5.63. The first kappa shape index (κ1) is 19.4. The fraction of sp³-hybridized carbons (Fsp3) is 0.350. The molecule has 1 aromatic heterocycles. The highest BCUT2D eigenvalue weighted by atomic mass is 32.2. The lowest BCUT2D eigenvalue weighted by Gasteiger charge is -2.13. The van der Waals surface area contributed by atoms with Crippen LogP contribution in [0.2, 0.25) is 0 Å². The van der Waals surface area contributed by atoms with Crippen LogP contribution in [-0.2, 0) is 9.53 Å². The molecule has 1 aliphatic carbocycles. The van der Waals surface area contributed by atoms with Gasteiger partial charge in [0.15, 0.2) is 0 Å². The molecule has 1 aliphatic rings. The van der Waals surface area contributed by atoms with Gasteiger partial charge in [-0.2, -0.15) is 0 Å². The lowest BCUT2D eigenvalue weighted by atomic mass is 10.2. The molecule has 0 radical (unpaired) electrons. The van der Waals surface area contributed by atoms with Gasteiger partial charge in [0.05, 0.1) is 5.56 Å². The standard InChI is InChI=1S/C20H23N3O3S/c1-26-13-18(24)22-14-6-4-7-15(12-14)23-19(25)17-10-5-11-21-20(17)27-16-8-2-3-9-16/h4-7,10-12,16H,2-3,8-9,13H2,1H3,(H,22,24)(H,23,25). The van der Waals surface area contributed by atoms with Crippen LogP contribution in [0.1, 0.15) is 36.0 Å². The van der Waals surface area contributed by atoms with Gasteiger partial charge in [0.2, 0.25) is 5.91 Å². The van der Waals surface area contributed by atoms with Gasteiger partial charge < -0.3 is 15.4 Å². The van der Waals surface area contributed by atoms with Crippen LogP contribution in [0, 0.1) is 0 Å². The zero-order chi connectivity index (χ0) is 19.1. The Morgan fingerprint density at radius 2 is 1.89 bits per heavy atom. The lowest BCUT2D eigenvalue weighted by Crippen LogP contribution is -2.17. The number of thioether (sulfide) groups is 1. The van der Waals surface area contributed by atoms with Crippen LogP contribution < -0.4 is 10.6 Å². The molecule has 0 saturated heterocycles. The highest BCUT2D eigenvalue weighted by Gasteiger charge is 2.20. The van der Waals surface area contributed by atoms with Gasteiger partial charge in [0.1, 0.15) is 11.6 Å². The molecule has 1 saturated carbocycles. The molecule has 0 aliphatic heterocycles. The van der Waals surface area contributed by atoms with Crippen molar-refractivity contribution in [1.29, 1.82) is 0 Å². The normalized spacial score (nSPS) is 14.1. The highest BCUT2D eigenvalue weighted by molar-refractivity contribution is 7.99. The molecule has 142 valence electrons. The Bertz CT molecular complexity index is 807. The maximum Gasteiger partial charge on any atom is 0.258 e. The second kappa shape index (κ2) is 9.53. The van der Waals surface area contributed by atoms with E-state index in [0.717, 1.165) is 5.03 Å². The number of amides is 2. The predicted octanol–water partition coefficient (Wildman–Crippen LogP) is 3.95. The zero-order valence-electron chi connectivity index (χ0n) is 15.2. The van der Waals surface area contributed by atoms with Crippen molar-refractivity contribution in [3.05, 3.63) is 48.2 Å². The smallest absolute Gasteiger partial charge is 0.258 e. The molecule has 0 atom stereocenters. The van der Waals surface area contributed by atoms with E-state index in [9.17, 15) is 9.59 Å². The summed E-state index contributed by atoms with van der Waals surface area (Å²) in [6.45, 7) is -0.0198. The molecule has 2 N–H and O–H groups in total. The van der Waals surface area contributed by atoms with E-state index in [1.54, 1.807) is 54.4 Å². The minimum absolute atomic E-state index is 0.0198. The summed E-state index contributed by atoms with van der Waals surface area (Å²) in [4.78, 5) is 28.8. The highest BCUT2D eigenvalue weighted by Crippen LogP contribution is 2.35. The van der Waals surface area contributed by atoms with Gasteiger partial charge >= 0.3 is 0 Å². The van der Waals surface area contributed by atoms with E-state index in [0.29, 0.717) is 22.2 Å². The second-order valence-electron chi connectivity index (χ2n) is 6.40. The largest absolute Gasteiger partial charge is 0.375 e. The van der Waals surface area contributed by atoms with Crippen molar-refractivity contribution >= 4 is 35.0 Å². The number of hydrogen-bond donors (Lipinski definition) is 2. The molecule has 0 unspecified atom stereocenters. The van der Waals surface area contributed by atoms with Gasteiger partial charge in [-0.05, 0) is 43.2 Å². The first-order chi connectivity index (χ1) is 13.2. The number of carbonyl (C=O) groups is 2. The first-order valence-corrected chi connectivity index (χ1v) is 9.85. The number of rotatable bonds is 7. The monoisotopic (exact) mass is 385 g/mol. The number of anilines is 2. The molecule has 27 heavy (non-hydrogen) atoms. The Morgan fingerprint density at radius 1 is 1.15 bits per heavy atom. The molecule has 2 amide bonds. The maximum atomic E-state index is 12.8. The van der Waals surface area contributed by atoms with Crippen LogP contribution in [0.3, 0.4) is 0 Å². The van der Waals surface area contributed by atoms with Gasteiger partial charge in [-0.15, -0.1) is 11.8 Å². The van der Waals surface area contributed by atoms with Crippen LogP contribution in [0.25, 0.3) is 0 Å². The van der Waals surface area contributed by atoms with Crippen molar-refractivity contribution in [3.8, 4) is 0 Å². The SMILES string of the molecule is COCC(=O)Nc1cccc(NC(=O)c2cccnc2SC2CCCC2)c1. The minimum atomic E-state index is -0.247. The van der Waals surface area contributed by atoms with E-state index in [2.05, 4.69) is 15.6 Å². The molecular formula is C20H23N3O3S. The summed E-state index contributed by atoms with van der Waals surface area (Å²) in [6, 6.07) is 10.6. The molecular weight excluding hydrogens is 362 g/mol. The van der Waals surface area contributed by atoms with Crippen LogP contribution in [-0.4, -0.2) is 35.8 Å². The summed E-state index contributed by atoms with van der Waals surface area (Å²) in [5.41, 5.74) is 1.78. The average Bonchev–Trinajstić information content (AvgIpc) is 3.15. The van der Waals surface area contributed by atoms with Crippen LogP contribution in [0.4, 0.5) is 11.4 Å². The Morgan fingerprint density at radius 3 is 2.63 bits per heavy atom. The third kappa shape index (κ3) is 5.55. The molecule has 0 spiro atoms. The minimum Gasteiger partial charge on any atom is -0.375 e. The average molecular weight is 385 g/mol. The number of methoxy groups -OCH3 is 1. The molecule has 1 heterocycles. The number of benzene rings is 1. The summed E-state index contributed by atoms with van der Waals surface area (Å²) in [6.07, 6.45) is 6.55. The second-order valence-corrected chi connectivity index (χ2v) is 7.69. The van der Waals surface area contributed by atoms with Gasteiger partial charge in [-0.3, -0.25) is 9.59 Å². The van der Waals surface area contributed by atoms with Gasteiger partial charge in [-0.1, -0.05) is 18.9 Å². The quantitative estimate of drug-likeness (QED) is 0.754. The summed E-state index contributed by atoms with van der Waals surface area (Å²) in [7, 11) is 1.46. The lowest BCUT2D eigenvalue weighted by molar-refractivity contribution is -0.119. The zero-order valence-corrected chi connectivity index (χ0v) is 16.1. The molecule has 3 rings (SSSR count). The first-order valence-electron chi connectivity index (χ1n) is 8.97. The van der Waals surface area contributed by atoms with Crippen molar-refractivity contribution < 1.29 is 14.3 Å². The number of nitrogens with one attached hydrogen (secondary N) is 2. The van der Waals surface area contributed by atoms with Crippen LogP contribution in [0.15, 0.2) is 47.6 Å². The van der Waals surface area contributed by atoms with Crippen molar-refractivity contribution in [2.75, 3.05) is 24.4 Å². The van der Waals surface area contributed by atoms with E-state index >= 15 is 0 Å². The maximum absolute atomic E-state index is 12.8. The van der Waals surface area contributed by atoms with Gasteiger partial charge in [0, 0.05) is 29.9 Å². The van der Waals surface area contributed by atoms with Crippen molar-refractivity contribution in [1.82, 2.24) is 4.98 Å². The number of hydrogen-bond acceptors (Lipinski definition) is 5. The Labute approximate surface area is 163 Å². The molecule has 7 heteroatoms. The number of pyridine rings is 1. The fourth-order valence-corrected chi connectivity index (χ4v) is 4.32. The van der Waals surface area contributed by atoms with E-state index < -0.39 is 0 Å². The third-order valence-electron chi connectivity index (χ3n) is 4.28. The summed E-state index contributed by atoms with van der Waals surface area (Å²) in [5.74, 6) is -0.451. The van der Waals surface area contributed by atoms with E-state index in [-0.39, 0.29) is 18.4 Å². The van der Waals surface area contributed by atoms with Gasteiger partial charge in [0.25, 0.3) is 5.91 Å². The van der Waals surface area contributed by atoms with Crippen molar-refractivity contribution in [2.24, 2.45) is 0 Å². The number of aromatic nitrogens is 1. The van der Waals surface area contributed by atoms with E-state index in [1.165, 1.54) is 32.8 Å². The Hall–Kier alpha value is -2.38. The number of ether oxygens (including phenoxy) is 1. The topological polar surface area (TPSA) is 80.3 Å². The summed E-state index contributed by atoms with van der Waals surface area (Å²) < 4.78 is 4.81. The van der Waals surface area contributed by atoms with Crippen molar-refractivity contribution in [2.45, 2.75) is 36.0 Å². The Balaban J connectivity index is 1.69. The predicted molar refractivity (Wildman–Crippen MR) is 107 cm³/mol. The molecule has 6 nitrogen and oxygen atoms in total. The fourth-order valence-electron chi connectivity index (χ4n) is 3.02. The van der Waals surface area contributed by atoms with E-state index in [1.807, 2.05) is 0 Å². The molecule has 2 aromatic rings. The van der Waals surface area contributed by atoms with Crippen LogP contribution >= 0.6 is 11.8 Å². The molecule has 1 fully saturated rings. The van der Waals surface area contributed by atoms with Crippen molar-refractivity contribution in [3.63, 3.8) is 0 Å². The molecule has 0 bridgehead atoms. The summed E-state index contributed by atoms with van der Waals surface area (Å²) >= 11 is 1.69.